The van der Waals surface area contributed by atoms with Crippen LogP contribution >= 0.6 is 57.9 Å². The van der Waals surface area contributed by atoms with Crippen LogP contribution in [0.1, 0.15) is 11.1 Å². The molecule has 0 unspecified atom stereocenters. The molecule has 0 radical (unpaired) electrons. The quantitative estimate of drug-likeness (QED) is 0.207. The van der Waals surface area contributed by atoms with E-state index in [4.69, 9.17) is 34.8 Å². The molecule has 32 heavy (non-hydrogen) atoms. The van der Waals surface area contributed by atoms with Gasteiger partial charge in [0.1, 0.15) is 0 Å². The third-order valence-corrected chi connectivity index (χ3v) is 7.58. The van der Waals surface area contributed by atoms with Crippen molar-refractivity contribution in [1.82, 2.24) is 4.98 Å². The second kappa shape index (κ2) is 10.2. The highest BCUT2D eigenvalue weighted by atomic mass is 35.5. The smallest absolute Gasteiger partial charge is 0.234 e. The molecule has 3 aromatic carbocycles. The molecule has 0 saturated carbocycles. The zero-order valence-electron chi connectivity index (χ0n) is 16.7. The molecule has 9 heteroatoms. The number of benzene rings is 3. The number of anilines is 1. The van der Waals surface area contributed by atoms with Gasteiger partial charge in [0.25, 0.3) is 0 Å². The van der Waals surface area contributed by atoms with Crippen molar-refractivity contribution in [2.24, 2.45) is 4.99 Å². The summed E-state index contributed by atoms with van der Waals surface area (Å²) in [4.78, 5) is 21.4. The Morgan fingerprint density at radius 2 is 1.94 bits per heavy atom. The second-order valence-corrected chi connectivity index (χ2v) is 10.4. The summed E-state index contributed by atoms with van der Waals surface area (Å²) in [5.74, 6) is 0.144. The molecule has 0 atom stereocenters. The summed E-state index contributed by atoms with van der Waals surface area (Å²) in [6, 6.07) is 16.5. The maximum Gasteiger partial charge on any atom is 0.234 e. The van der Waals surface area contributed by atoms with Crippen LogP contribution in [0.4, 0.5) is 11.4 Å². The van der Waals surface area contributed by atoms with Crippen molar-refractivity contribution in [3.63, 3.8) is 0 Å². The number of carbonyl (C=O) groups excluding carboxylic acids is 1. The number of aliphatic imine (C=N–C) groups is 1. The summed E-state index contributed by atoms with van der Waals surface area (Å²) < 4.78 is 1.81. The Bertz CT molecular complexity index is 1340. The van der Waals surface area contributed by atoms with Crippen LogP contribution in [0.3, 0.4) is 0 Å². The summed E-state index contributed by atoms with van der Waals surface area (Å²) in [6.45, 7) is 1.92. The van der Waals surface area contributed by atoms with Crippen molar-refractivity contribution >= 4 is 91.6 Å². The highest BCUT2D eigenvalue weighted by Gasteiger charge is 2.09. The molecule has 0 aliphatic rings. The van der Waals surface area contributed by atoms with Gasteiger partial charge in [0.05, 0.1) is 26.7 Å². The van der Waals surface area contributed by atoms with Gasteiger partial charge in [-0.05, 0) is 55.0 Å². The maximum atomic E-state index is 12.3. The van der Waals surface area contributed by atoms with Crippen LogP contribution in [0.5, 0.6) is 0 Å². The van der Waals surface area contributed by atoms with Gasteiger partial charge < -0.3 is 5.32 Å². The molecule has 0 aliphatic heterocycles. The number of halogens is 3. The Morgan fingerprint density at radius 3 is 2.72 bits per heavy atom. The lowest BCUT2D eigenvalue weighted by molar-refractivity contribution is -0.113. The summed E-state index contributed by atoms with van der Waals surface area (Å²) in [6.07, 6.45) is 1.71. The number of hydrogen-bond acceptors (Lipinski definition) is 5. The molecule has 4 nitrogen and oxygen atoms in total. The van der Waals surface area contributed by atoms with Crippen LogP contribution in [-0.4, -0.2) is 22.9 Å². The molecule has 0 saturated heterocycles. The van der Waals surface area contributed by atoms with E-state index in [0.717, 1.165) is 31.4 Å². The number of fused-ring (bicyclic) bond motifs is 1. The van der Waals surface area contributed by atoms with Crippen molar-refractivity contribution < 1.29 is 4.79 Å². The van der Waals surface area contributed by atoms with Crippen LogP contribution in [0.15, 0.2) is 63.9 Å². The van der Waals surface area contributed by atoms with Gasteiger partial charge in [-0.2, -0.15) is 0 Å². The fourth-order valence-corrected chi connectivity index (χ4v) is 5.32. The molecule has 0 aliphatic carbocycles. The Balaban J connectivity index is 1.40. The standard InChI is InChI=1S/C23H16Cl3N3OS2/c1-13-2-5-17(9-18(13)25)28-22(30)12-31-23-29-20-7-6-16(10-21(20)32-23)27-11-14-3-4-15(24)8-19(14)26/h2-11H,12H2,1H3,(H,28,30). The lowest BCUT2D eigenvalue weighted by atomic mass is 10.2. The Hall–Kier alpha value is -2.09. The summed E-state index contributed by atoms with van der Waals surface area (Å²) in [7, 11) is 0. The Morgan fingerprint density at radius 1 is 1.09 bits per heavy atom. The lowest BCUT2D eigenvalue weighted by Crippen LogP contribution is -2.13. The molecular formula is C23H16Cl3N3OS2. The molecule has 1 heterocycles. The molecule has 162 valence electrons. The highest BCUT2D eigenvalue weighted by Crippen LogP contribution is 2.32. The number of thiazole rings is 1. The number of carbonyl (C=O) groups is 1. The van der Waals surface area contributed by atoms with E-state index < -0.39 is 0 Å². The predicted molar refractivity (Wildman–Crippen MR) is 139 cm³/mol. The van der Waals surface area contributed by atoms with Gasteiger partial charge in [0.2, 0.25) is 5.91 Å². The monoisotopic (exact) mass is 519 g/mol. The third kappa shape index (κ3) is 5.82. The van der Waals surface area contributed by atoms with Crippen LogP contribution in [0, 0.1) is 6.92 Å². The van der Waals surface area contributed by atoms with Crippen molar-refractivity contribution in [2.45, 2.75) is 11.3 Å². The molecular weight excluding hydrogens is 505 g/mol. The molecule has 1 aromatic heterocycles. The van der Waals surface area contributed by atoms with E-state index in [1.807, 2.05) is 43.3 Å². The fourth-order valence-electron chi connectivity index (χ4n) is 2.78. The minimum Gasteiger partial charge on any atom is -0.325 e. The van der Waals surface area contributed by atoms with Gasteiger partial charge in [0, 0.05) is 27.5 Å². The van der Waals surface area contributed by atoms with Crippen LogP contribution in [0.2, 0.25) is 15.1 Å². The van der Waals surface area contributed by atoms with Crippen LogP contribution in [-0.2, 0) is 4.79 Å². The topological polar surface area (TPSA) is 54.4 Å². The van der Waals surface area contributed by atoms with Crippen molar-refractivity contribution in [1.29, 1.82) is 0 Å². The van der Waals surface area contributed by atoms with E-state index in [1.54, 1.807) is 24.4 Å². The Labute approximate surface area is 208 Å². The summed E-state index contributed by atoms with van der Waals surface area (Å²) >= 11 is 21.2. The van der Waals surface area contributed by atoms with E-state index in [0.29, 0.717) is 20.8 Å². The first-order valence-corrected chi connectivity index (χ1v) is 12.4. The van der Waals surface area contributed by atoms with E-state index in [1.165, 1.54) is 23.1 Å². The zero-order chi connectivity index (χ0) is 22.7. The van der Waals surface area contributed by atoms with Gasteiger partial charge >= 0.3 is 0 Å². The zero-order valence-corrected chi connectivity index (χ0v) is 20.6. The average Bonchev–Trinajstić information content (AvgIpc) is 3.16. The van der Waals surface area contributed by atoms with E-state index in [-0.39, 0.29) is 11.7 Å². The summed E-state index contributed by atoms with van der Waals surface area (Å²) in [5, 5.41) is 4.61. The largest absolute Gasteiger partial charge is 0.325 e. The van der Waals surface area contributed by atoms with Crippen LogP contribution in [0.25, 0.3) is 10.2 Å². The number of aromatic nitrogens is 1. The SMILES string of the molecule is Cc1ccc(NC(=O)CSc2nc3ccc(N=Cc4ccc(Cl)cc4Cl)cc3s2)cc1Cl. The van der Waals surface area contributed by atoms with Crippen LogP contribution < -0.4 is 5.32 Å². The van der Waals surface area contributed by atoms with Gasteiger partial charge in [-0.3, -0.25) is 9.79 Å². The molecule has 1 amide bonds. The number of hydrogen-bond donors (Lipinski definition) is 1. The molecule has 4 aromatic rings. The number of rotatable bonds is 6. The van der Waals surface area contributed by atoms with E-state index in [9.17, 15) is 4.79 Å². The predicted octanol–water partition coefficient (Wildman–Crippen LogP) is 8.05. The second-order valence-electron chi connectivity index (χ2n) is 6.86. The fraction of sp³-hybridized carbons (Fsp3) is 0.0870. The van der Waals surface area contributed by atoms with Gasteiger partial charge in [-0.25, -0.2) is 4.98 Å². The number of amides is 1. The van der Waals surface area contributed by atoms with Crippen molar-refractivity contribution in [3.05, 3.63) is 80.8 Å². The minimum atomic E-state index is -0.112. The Kier molecular flexibility index (Phi) is 7.38. The molecule has 0 bridgehead atoms. The highest BCUT2D eigenvalue weighted by molar-refractivity contribution is 8.01. The van der Waals surface area contributed by atoms with E-state index >= 15 is 0 Å². The molecule has 0 fully saturated rings. The van der Waals surface area contributed by atoms with Crippen molar-refractivity contribution in [2.75, 3.05) is 11.1 Å². The first kappa shape index (κ1) is 23.1. The van der Waals surface area contributed by atoms with E-state index in [2.05, 4.69) is 15.3 Å². The summed E-state index contributed by atoms with van der Waals surface area (Å²) in [5.41, 5.74) is 4.09. The first-order valence-electron chi connectivity index (χ1n) is 9.46. The number of aryl methyl sites for hydroxylation is 1. The van der Waals surface area contributed by atoms with Gasteiger partial charge in [-0.1, -0.05) is 58.7 Å². The first-order chi connectivity index (χ1) is 15.4. The minimum absolute atomic E-state index is 0.112. The normalized spacial score (nSPS) is 11.4. The molecule has 4 rings (SSSR count). The molecule has 0 spiro atoms. The average molecular weight is 521 g/mol. The number of thioether (sulfide) groups is 1. The van der Waals surface area contributed by atoms with Crippen molar-refractivity contribution in [3.8, 4) is 0 Å². The lowest BCUT2D eigenvalue weighted by Gasteiger charge is -2.06. The van der Waals surface area contributed by atoms with Gasteiger partial charge in [-0.15, -0.1) is 11.3 Å². The number of nitrogens with one attached hydrogen (secondary N) is 1. The molecule has 1 N–H and O–H groups in total. The third-order valence-electron chi connectivity index (χ3n) is 4.45. The maximum absolute atomic E-state index is 12.3. The van der Waals surface area contributed by atoms with Gasteiger partial charge in [0.15, 0.2) is 4.34 Å². The number of nitrogens with zero attached hydrogens (tertiary/aromatic N) is 2.